The molecule has 1 aromatic carbocycles. The topological polar surface area (TPSA) is 65.1 Å². The van der Waals surface area contributed by atoms with Crippen LogP contribution in [0.1, 0.15) is 81.5 Å². The Bertz CT molecular complexity index is 718. The largest absolute Gasteiger partial charge is 0.363 e. The monoisotopic (exact) mass is 356 g/mol. The molecule has 2 aromatic rings. The van der Waals surface area contributed by atoms with Crippen molar-refractivity contribution in [3.8, 4) is 0 Å². The van der Waals surface area contributed by atoms with Gasteiger partial charge in [0, 0.05) is 23.6 Å². The lowest BCUT2D eigenvalue weighted by Crippen LogP contribution is -2.22. The normalized spacial score (nSPS) is 11.1. The zero-order valence-corrected chi connectivity index (χ0v) is 16.0. The number of aromatic nitrogens is 1. The minimum atomic E-state index is -0.896. The van der Waals surface area contributed by atoms with Gasteiger partial charge >= 0.3 is 0 Å². The van der Waals surface area contributed by atoms with Crippen LogP contribution in [0.5, 0.6) is 0 Å². The van der Waals surface area contributed by atoms with Crippen LogP contribution < -0.4 is 5.73 Å². The first kappa shape index (κ1) is 20.2. The number of benzene rings is 1. The van der Waals surface area contributed by atoms with Crippen LogP contribution in [0.15, 0.2) is 30.5 Å². The summed E-state index contributed by atoms with van der Waals surface area (Å²) in [5, 5.41) is 0.809. The van der Waals surface area contributed by atoms with Gasteiger partial charge in [-0.25, -0.2) is 0 Å². The Morgan fingerprint density at radius 3 is 2.08 bits per heavy atom. The van der Waals surface area contributed by atoms with E-state index in [0.29, 0.717) is 5.56 Å². The molecule has 1 amide bonds. The molecular weight excluding hydrogens is 324 g/mol. The minimum absolute atomic E-state index is 0.417. The van der Waals surface area contributed by atoms with Crippen molar-refractivity contribution in [3.05, 3.63) is 36.0 Å². The van der Waals surface area contributed by atoms with Crippen LogP contribution in [0.2, 0.25) is 0 Å². The van der Waals surface area contributed by atoms with Crippen LogP contribution in [-0.2, 0) is 11.3 Å². The Hall–Kier alpha value is -2.10. The number of amides is 1. The number of aryl methyl sites for hydroxylation is 1. The summed E-state index contributed by atoms with van der Waals surface area (Å²) < 4.78 is 2.08. The molecule has 0 aliphatic carbocycles. The maximum atomic E-state index is 12.0. The van der Waals surface area contributed by atoms with Crippen LogP contribution in [0.3, 0.4) is 0 Å². The number of rotatable bonds is 13. The SMILES string of the molecule is CCCCCCCCCCCCn1cc(C(=O)C(N)=O)c2ccccc21. The standard InChI is InChI=1S/C22H32N2O2/c1-2-3-4-5-6-7-8-9-10-13-16-24-17-19(21(25)22(23)26)18-14-11-12-15-20(18)24/h11-12,14-15,17H,2-10,13,16H2,1H3,(H2,23,26). The number of hydrogen-bond donors (Lipinski definition) is 1. The van der Waals surface area contributed by atoms with Crippen molar-refractivity contribution in [2.24, 2.45) is 5.73 Å². The summed E-state index contributed by atoms with van der Waals surface area (Å²) in [4.78, 5) is 23.3. The number of para-hydroxylation sites is 1. The first-order chi connectivity index (χ1) is 12.6. The predicted octanol–water partition coefficient (Wildman–Crippen LogP) is 5.23. The zero-order valence-electron chi connectivity index (χ0n) is 16.0. The summed E-state index contributed by atoms with van der Waals surface area (Å²) >= 11 is 0. The van der Waals surface area contributed by atoms with Crippen molar-refractivity contribution < 1.29 is 9.59 Å². The number of Topliss-reactive ketones (excluding diaryl/α,β-unsaturated/α-hetero) is 1. The van der Waals surface area contributed by atoms with E-state index in [2.05, 4.69) is 11.5 Å². The molecule has 0 aliphatic rings. The number of nitrogens with two attached hydrogens (primary N) is 1. The summed E-state index contributed by atoms with van der Waals surface area (Å²) in [6.07, 6.45) is 14.8. The van der Waals surface area contributed by atoms with Gasteiger partial charge in [0.05, 0.1) is 5.56 Å². The summed E-state index contributed by atoms with van der Waals surface area (Å²) in [5.41, 5.74) is 6.59. The first-order valence-electron chi connectivity index (χ1n) is 10.1. The van der Waals surface area contributed by atoms with E-state index in [1.165, 1.54) is 57.8 Å². The second-order valence-electron chi connectivity index (χ2n) is 7.13. The van der Waals surface area contributed by atoms with Crippen molar-refractivity contribution in [3.63, 3.8) is 0 Å². The Morgan fingerprint density at radius 1 is 0.885 bits per heavy atom. The molecule has 1 heterocycles. The number of fused-ring (bicyclic) bond motifs is 1. The molecule has 4 heteroatoms. The van der Waals surface area contributed by atoms with E-state index in [1.807, 2.05) is 24.3 Å². The zero-order chi connectivity index (χ0) is 18.8. The van der Waals surface area contributed by atoms with Gasteiger partial charge in [-0.05, 0) is 12.5 Å². The second-order valence-corrected chi connectivity index (χ2v) is 7.13. The van der Waals surface area contributed by atoms with Crippen molar-refractivity contribution in [2.45, 2.75) is 77.7 Å². The average molecular weight is 357 g/mol. The van der Waals surface area contributed by atoms with Gasteiger partial charge in [0.1, 0.15) is 0 Å². The van der Waals surface area contributed by atoms with Crippen LogP contribution in [0.25, 0.3) is 10.9 Å². The number of carbonyl (C=O) groups excluding carboxylic acids is 2. The van der Waals surface area contributed by atoms with Gasteiger partial charge in [0.2, 0.25) is 0 Å². The van der Waals surface area contributed by atoms with Gasteiger partial charge in [-0.3, -0.25) is 9.59 Å². The van der Waals surface area contributed by atoms with Gasteiger partial charge in [-0.1, -0.05) is 82.9 Å². The van der Waals surface area contributed by atoms with Crippen molar-refractivity contribution >= 4 is 22.6 Å². The fraction of sp³-hybridized carbons (Fsp3) is 0.545. The number of nitrogens with zero attached hydrogens (tertiary/aromatic N) is 1. The molecule has 0 aliphatic heterocycles. The Morgan fingerprint density at radius 2 is 1.46 bits per heavy atom. The highest BCUT2D eigenvalue weighted by molar-refractivity contribution is 6.44. The molecule has 2 N–H and O–H groups in total. The van der Waals surface area contributed by atoms with Gasteiger partial charge in [-0.15, -0.1) is 0 Å². The molecule has 0 spiro atoms. The molecule has 2 rings (SSSR count). The fourth-order valence-corrected chi connectivity index (χ4v) is 3.52. The maximum absolute atomic E-state index is 12.0. The van der Waals surface area contributed by atoms with Gasteiger partial charge < -0.3 is 10.3 Å². The summed E-state index contributed by atoms with van der Waals surface area (Å²) in [5.74, 6) is -1.50. The van der Waals surface area contributed by atoms with E-state index in [1.54, 1.807) is 6.20 Å². The number of hydrogen-bond acceptors (Lipinski definition) is 2. The van der Waals surface area contributed by atoms with Gasteiger partial charge in [0.15, 0.2) is 0 Å². The summed E-state index contributed by atoms with van der Waals surface area (Å²) in [6.45, 7) is 3.11. The van der Waals surface area contributed by atoms with Crippen molar-refractivity contribution in [2.75, 3.05) is 0 Å². The molecule has 0 bridgehead atoms. The molecule has 0 fully saturated rings. The minimum Gasteiger partial charge on any atom is -0.363 e. The molecule has 0 saturated heterocycles. The molecular formula is C22H32N2O2. The quantitative estimate of drug-likeness (QED) is 0.303. The number of primary amides is 1. The van der Waals surface area contributed by atoms with Gasteiger partial charge in [-0.2, -0.15) is 0 Å². The van der Waals surface area contributed by atoms with Crippen molar-refractivity contribution in [1.29, 1.82) is 0 Å². The van der Waals surface area contributed by atoms with E-state index >= 15 is 0 Å². The second kappa shape index (κ2) is 10.8. The van der Waals surface area contributed by atoms with E-state index in [0.717, 1.165) is 23.9 Å². The molecule has 0 unspecified atom stereocenters. The van der Waals surface area contributed by atoms with Crippen molar-refractivity contribution in [1.82, 2.24) is 4.57 Å². The van der Waals surface area contributed by atoms with E-state index in [-0.39, 0.29) is 0 Å². The fourth-order valence-electron chi connectivity index (χ4n) is 3.52. The Kier molecular flexibility index (Phi) is 8.39. The lowest BCUT2D eigenvalue weighted by molar-refractivity contribution is -0.114. The van der Waals surface area contributed by atoms with E-state index < -0.39 is 11.7 Å². The maximum Gasteiger partial charge on any atom is 0.289 e. The third-order valence-electron chi connectivity index (χ3n) is 5.01. The lowest BCUT2D eigenvalue weighted by Gasteiger charge is -2.05. The lowest BCUT2D eigenvalue weighted by atomic mass is 10.1. The Balaban J connectivity index is 1.79. The van der Waals surface area contributed by atoms with E-state index in [4.69, 9.17) is 5.73 Å². The molecule has 0 saturated carbocycles. The number of ketones is 1. The summed E-state index contributed by atoms with van der Waals surface area (Å²) in [6, 6.07) is 7.70. The average Bonchev–Trinajstić information content (AvgIpc) is 3.01. The van der Waals surface area contributed by atoms with Crippen LogP contribution >= 0.6 is 0 Å². The molecule has 142 valence electrons. The smallest absolute Gasteiger partial charge is 0.289 e. The highest BCUT2D eigenvalue weighted by Crippen LogP contribution is 2.22. The third kappa shape index (κ3) is 5.72. The first-order valence-corrected chi connectivity index (χ1v) is 10.1. The van der Waals surface area contributed by atoms with Crippen LogP contribution in [0.4, 0.5) is 0 Å². The number of unbranched alkanes of at least 4 members (excludes halogenated alkanes) is 9. The highest BCUT2D eigenvalue weighted by atomic mass is 16.2. The molecule has 0 atom stereocenters. The third-order valence-corrected chi connectivity index (χ3v) is 5.01. The molecule has 4 nitrogen and oxygen atoms in total. The van der Waals surface area contributed by atoms with E-state index in [9.17, 15) is 9.59 Å². The van der Waals surface area contributed by atoms with Gasteiger partial charge in [0.25, 0.3) is 11.7 Å². The molecule has 26 heavy (non-hydrogen) atoms. The summed E-state index contributed by atoms with van der Waals surface area (Å²) in [7, 11) is 0. The van der Waals surface area contributed by atoms with Crippen LogP contribution in [0, 0.1) is 0 Å². The highest BCUT2D eigenvalue weighted by Gasteiger charge is 2.18. The number of carbonyl (C=O) groups is 2. The molecule has 0 radical (unpaired) electrons. The van der Waals surface area contributed by atoms with Crippen LogP contribution in [-0.4, -0.2) is 16.3 Å². The molecule has 1 aromatic heterocycles. The predicted molar refractivity (Wildman–Crippen MR) is 107 cm³/mol. The Labute approximate surface area is 156 Å².